The number of hydrogen-bond donors (Lipinski definition) is 2. The molecule has 0 spiro atoms. The van der Waals surface area contributed by atoms with Gasteiger partial charge in [0.2, 0.25) is 0 Å². The molecule has 0 fully saturated rings. The van der Waals surface area contributed by atoms with Gasteiger partial charge in [-0.3, -0.25) is 0 Å². The lowest BCUT2D eigenvalue weighted by molar-refractivity contribution is 0.0261. The van der Waals surface area contributed by atoms with Crippen molar-refractivity contribution in [2.24, 2.45) is 0 Å². The summed E-state index contributed by atoms with van der Waals surface area (Å²) in [4.78, 5) is 0. The summed E-state index contributed by atoms with van der Waals surface area (Å²) in [5, 5.41) is 0. The summed E-state index contributed by atoms with van der Waals surface area (Å²) < 4.78 is 21.1. The third kappa shape index (κ3) is 16.5. The van der Waals surface area contributed by atoms with Crippen LogP contribution in [0.1, 0.15) is 6.42 Å². The van der Waals surface area contributed by atoms with Crippen molar-refractivity contribution in [1.82, 2.24) is 0 Å². The van der Waals surface area contributed by atoms with Crippen molar-refractivity contribution in [2.45, 2.75) is 6.42 Å². The summed E-state index contributed by atoms with van der Waals surface area (Å²) in [6.07, 6.45) is 0.902. The molecule has 0 heterocycles. The van der Waals surface area contributed by atoms with E-state index in [1.165, 1.54) is 0 Å². The summed E-state index contributed by atoms with van der Waals surface area (Å²) >= 11 is 8.07. The lowest BCUT2D eigenvalue weighted by atomic mass is 10.5. The molecule has 0 N–H and O–H groups in total. The highest BCUT2D eigenvalue weighted by Crippen LogP contribution is 1.87. The van der Waals surface area contributed by atoms with Crippen LogP contribution in [0.2, 0.25) is 0 Å². The Morgan fingerprint density at radius 2 is 0.824 bits per heavy atom. The quantitative estimate of drug-likeness (QED) is 0.372. The Morgan fingerprint density at radius 3 is 1.18 bits per heavy atom. The molecule has 17 heavy (non-hydrogen) atoms. The maximum absolute atomic E-state index is 5.35. The van der Waals surface area contributed by atoms with E-state index in [0.29, 0.717) is 52.9 Å². The van der Waals surface area contributed by atoms with Crippen LogP contribution in [0, 0.1) is 0 Å². The van der Waals surface area contributed by atoms with Crippen molar-refractivity contribution < 1.29 is 18.9 Å². The predicted molar refractivity (Wildman–Crippen MR) is 75.6 cm³/mol. The Morgan fingerprint density at radius 1 is 0.471 bits per heavy atom. The van der Waals surface area contributed by atoms with Gasteiger partial charge in [0.05, 0.1) is 39.6 Å². The largest absolute Gasteiger partial charge is 0.379 e. The molecule has 0 aromatic rings. The van der Waals surface area contributed by atoms with Crippen LogP contribution >= 0.6 is 25.3 Å². The number of rotatable bonds is 14. The van der Waals surface area contributed by atoms with Gasteiger partial charge >= 0.3 is 0 Å². The molecule has 104 valence electrons. The van der Waals surface area contributed by atoms with E-state index in [-0.39, 0.29) is 0 Å². The van der Waals surface area contributed by atoms with Crippen molar-refractivity contribution >= 4 is 25.3 Å². The zero-order valence-electron chi connectivity index (χ0n) is 10.3. The van der Waals surface area contributed by atoms with Crippen LogP contribution in [0.4, 0.5) is 0 Å². The first kappa shape index (κ1) is 17.5. The minimum atomic E-state index is 0.638. The second kappa shape index (κ2) is 16.5. The molecular formula is C11H24O4S2. The zero-order valence-corrected chi connectivity index (χ0v) is 12.1. The van der Waals surface area contributed by atoms with Crippen LogP contribution < -0.4 is 0 Å². The highest BCUT2D eigenvalue weighted by atomic mass is 32.1. The maximum Gasteiger partial charge on any atom is 0.0700 e. The van der Waals surface area contributed by atoms with Gasteiger partial charge in [0.1, 0.15) is 0 Å². The zero-order chi connectivity index (χ0) is 12.6. The predicted octanol–water partition coefficient (Wildman–Crippen LogP) is 1.30. The number of ether oxygens (including phenoxy) is 4. The first-order chi connectivity index (χ1) is 8.41. The Hall–Kier alpha value is 0.540. The maximum atomic E-state index is 5.35. The summed E-state index contributed by atoms with van der Waals surface area (Å²) in [6, 6.07) is 0. The van der Waals surface area contributed by atoms with Crippen LogP contribution in [0.3, 0.4) is 0 Å². The van der Waals surface area contributed by atoms with E-state index in [1.807, 2.05) is 0 Å². The second-order valence-electron chi connectivity index (χ2n) is 3.25. The van der Waals surface area contributed by atoms with Crippen LogP contribution in [-0.2, 0) is 18.9 Å². The second-order valence-corrected chi connectivity index (χ2v) is 4.14. The highest BCUT2D eigenvalue weighted by Gasteiger charge is 1.92. The van der Waals surface area contributed by atoms with E-state index >= 15 is 0 Å². The highest BCUT2D eigenvalue weighted by molar-refractivity contribution is 7.80. The monoisotopic (exact) mass is 284 g/mol. The van der Waals surface area contributed by atoms with Gasteiger partial charge in [-0.05, 0) is 6.42 Å². The van der Waals surface area contributed by atoms with E-state index < -0.39 is 0 Å². The van der Waals surface area contributed by atoms with Gasteiger partial charge in [0, 0.05) is 24.7 Å². The molecule has 4 nitrogen and oxygen atoms in total. The molecular weight excluding hydrogens is 260 g/mol. The topological polar surface area (TPSA) is 36.9 Å². The SMILES string of the molecule is SCCOCCOCCCOCCOCCS. The van der Waals surface area contributed by atoms with E-state index in [1.54, 1.807) is 0 Å². The average Bonchev–Trinajstić information content (AvgIpc) is 2.35. The Bertz CT molecular complexity index is 125. The Labute approximate surface area is 115 Å². The molecule has 0 aromatic heterocycles. The van der Waals surface area contributed by atoms with Gasteiger partial charge < -0.3 is 18.9 Å². The first-order valence-electron chi connectivity index (χ1n) is 5.94. The lowest BCUT2D eigenvalue weighted by Gasteiger charge is -2.06. The molecule has 6 heteroatoms. The van der Waals surface area contributed by atoms with Crippen molar-refractivity contribution in [3.8, 4) is 0 Å². The number of hydrogen-bond acceptors (Lipinski definition) is 6. The third-order valence-corrected chi connectivity index (χ3v) is 2.16. The molecule has 0 rings (SSSR count). The minimum absolute atomic E-state index is 0.638. The van der Waals surface area contributed by atoms with Crippen molar-refractivity contribution in [1.29, 1.82) is 0 Å². The third-order valence-electron chi connectivity index (χ3n) is 1.79. The summed E-state index contributed by atoms with van der Waals surface area (Å²) in [5.41, 5.74) is 0. The van der Waals surface area contributed by atoms with E-state index in [4.69, 9.17) is 18.9 Å². The molecule has 0 amide bonds. The van der Waals surface area contributed by atoms with Crippen LogP contribution in [0.15, 0.2) is 0 Å². The summed E-state index contributed by atoms with van der Waals surface area (Å²) in [6.45, 7) is 5.34. The number of thiol groups is 2. The minimum Gasteiger partial charge on any atom is -0.379 e. The normalized spacial score (nSPS) is 10.9. The fourth-order valence-electron chi connectivity index (χ4n) is 1.04. The van der Waals surface area contributed by atoms with Crippen LogP contribution in [0.5, 0.6) is 0 Å². The van der Waals surface area contributed by atoms with Gasteiger partial charge in [0.25, 0.3) is 0 Å². The van der Waals surface area contributed by atoms with Crippen LogP contribution in [0.25, 0.3) is 0 Å². The summed E-state index contributed by atoms with van der Waals surface area (Å²) in [5.74, 6) is 1.51. The smallest absolute Gasteiger partial charge is 0.0700 e. The fourth-order valence-corrected chi connectivity index (χ4v) is 1.29. The average molecular weight is 284 g/mol. The fraction of sp³-hybridized carbons (Fsp3) is 1.00. The van der Waals surface area contributed by atoms with E-state index in [2.05, 4.69) is 25.3 Å². The first-order valence-corrected chi connectivity index (χ1v) is 7.21. The standard InChI is InChI=1S/C11H24O4S2/c16-10-8-14-6-4-12-2-1-3-13-5-7-15-9-11-17/h16-17H,1-11H2. The molecule has 0 radical (unpaired) electrons. The van der Waals surface area contributed by atoms with Crippen molar-refractivity contribution in [2.75, 3.05) is 64.4 Å². The van der Waals surface area contributed by atoms with Crippen LogP contribution in [-0.4, -0.2) is 64.4 Å². The molecule has 0 saturated carbocycles. The van der Waals surface area contributed by atoms with E-state index in [0.717, 1.165) is 17.9 Å². The lowest BCUT2D eigenvalue weighted by Crippen LogP contribution is -2.10. The van der Waals surface area contributed by atoms with Gasteiger partial charge in [-0.15, -0.1) is 0 Å². The van der Waals surface area contributed by atoms with Gasteiger partial charge in [-0.25, -0.2) is 0 Å². The molecule has 0 aliphatic heterocycles. The molecule has 0 atom stereocenters. The van der Waals surface area contributed by atoms with Gasteiger partial charge in [-0.1, -0.05) is 0 Å². The van der Waals surface area contributed by atoms with E-state index in [9.17, 15) is 0 Å². The van der Waals surface area contributed by atoms with Gasteiger partial charge in [-0.2, -0.15) is 25.3 Å². The van der Waals surface area contributed by atoms with Crippen molar-refractivity contribution in [3.63, 3.8) is 0 Å². The Kier molecular flexibility index (Phi) is 17.1. The molecule has 0 aliphatic carbocycles. The molecule has 0 aromatic carbocycles. The molecule has 0 aliphatic rings. The Balaban J connectivity index is 2.85. The van der Waals surface area contributed by atoms with Crippen molar-refractivity contribution in [3.05, 3.63) is 0 Å². The molecule has 0 saturated heterocycles. The molecule has 0 bridgehead atoms. The van der Waals surface area contributed by atoms with Gasteiger partial charge in [0.15, 0.2) is 0 Å². The molecule has 0 unspecified atom stereocenters. The summed E-state index contributed by atoms with van der Waals surface area (Å²) in [7, 11) is 0.